The maximum absolute atomic E-state index is 14.0. The van der Waals surface area contributed by atoms with Gasteiger partial charge in [-0.15, -0.1) is 0 Å². The van der Waals surface area contributed by atoms with Crippen molar-refractivity contribution in [3.63, 3.8) is 0 Å². The standard InChI is InChI=1S/C26H26FNO6/c1-5-33-22(29)25(23(30)34-6-2)15-20-21(18-9-7-8-10-19(18)28(20)3)26(25,24(31)32-4)16-11-13-17(27)14-12-16/h7-14H,5-6,15H2,1-4H3/t26-/m1/s1. The highest BCUT2D eigenvalue weighted by Crippen LogP contribution is 2.60. The van der Waals surface area contributed by atoms with Gasteiger partial charge in [0.15, 0.2) is 5.41 Å². The number of methoxy groups -OCH3 is 1. The number of benzene rings is 2. The predicted octanol–water partition coefficient (Wildman–Crippen LogP) is 3.45. The van der Waals surface area contributed by atoms with Gasteiger partial charge >= 0.3 is 17.9 Å². The van der Waals surface area contributed by atoms with E-state index in [0.29, 0.717) is 16.6 Å². The zero-order valence-corrected chi connectivity index (χ0v) is 19.5. The summed E-state index contributed by atoms with van der Waals surface area (Å²) in [4.78, 5) is 41.4. The van der Waals surface area contributed by atoms with Crippen molar-refractivity contribution in [3.8, 4) is 0 Å². The van der Waals surface area contributed by atoms with Crippen molar-refractivity contribution in [1.82, 2.24) is 4.57 Å². The van der Waals surface area contributed by atoms with Crippen molar-refractivity contribution >= 4 is 28.8 Å². The van der Waals surface area contributed by atoms with Gasteiger partial charge in [-0.2, -0.15) is 0 Å². The Hall–Kier alpha value is -3.68. The van der Waals surface area contributed by atoms with E-state index in [1.165, 1.54) is 31.4 Å². The summed E-state index contributed by atoms with van der Waals surface area (Å²) in [6.07, 6.45) is -0.155. The molecule has 1 aliphatic carbocycles. The van der Waals surface area contributed by atoms with E-state index in [2.05, 4.69) is 0 Å². The first kappa shape index (κ1) is 23.5. The maximum atomic E-state index is 14.0. The van der Waals surface area contributed by atoms with Gasteiger partial charge in [-0.05, 0) is 37.6 Å². The average molecular weight is 467 g/mol. The van der Waals surface area contributed by atoms with Gasteiger partial charge in [-0.3, -0.25) is 14.4 Å². The van der Waals surface area contributed by atoms with Gasteiger partial charge in [-0.1, -0.05) is 30.3 Å². The lowest BCUT2D eigenvalue weighted by Gasteiger charge is -2.40. The third kappa shape index (κ3) is 2.90. The molecule has 7 nitrogen and oxygen atoms in total. The number of rotatable bonds is 6. The summed E-state index contributed by atoms with van der Waals surface area (Å²) in [7, 11) is 3.00. The van der Waals surface area contributed by atoms with Gasteiger partial charge in [0.1, 0.15) is 11.2 Å². The van der Waals surface area contributed by atoms with Gasteiger partial charge in [0.2, 0.25) is 0 Å². The lowest BCUT2D eigenvalue weighted by atomic mass is 9.59. The summed E-state index contributed by atoms with van der Waals surface area (Å²) in [5.41, 5.74) is -2.00. The first-order valence-corrected chi connectivity index (χ1v) is 11.1. The van der Waals surface area contributed by atoms with E-state index in [1.54, 1.807) is 20.9 Å². The number of aryl methyl sites for hydroxylation is 1. The molecular formula is C26H26FNO6. The number of nitrogens with zero attached hydrogens (tertiary/aromatic N) is 1. The average Bonchev–Trinajstić information content (AvgIpc) is 3.31. The molecule has 1 aromatic heterocycles. The van der Waals surface area contributed by atoms with Crippen LogP contribution in [0.25, 0.3) is 10.9 Å². The monoisotopic (exact) mass is 467 g/mol. The number of halogens is 1. The van der Waals surface area contributed by atoms with Crippen molar-refractivity contribution in [2.45, 2.75) is 25.7 Å². The van der Waals surface area contributed by atoms with E-state index in [-0.39, 0.29) is 25.2 Å². The van der Waals surface area contributed by atoms with Crippen molar-refractivity contribution in [1.29, 1.82) is 0 Å². The number of carbonyl (C=O) groups is 3. The molecule has 34 heavy (non-hydrogen) atoms. The quantitative estimate of drug-likeness (QED) is 0.314. The molecule has 0 radical (unpaired) electrons. The van der Waals surface area contributed by atoms with Crippen molar-refractivity contribution in [3.05, 3.63) is 71.2 Å². The molecule has 3 aromatic rings. The summed E-state index contributed by atoms with van der Waals surface area (Å²) in [5.74, 6) is -3.17. The number of fused-ring (bicyclic) bond motifs is 3. The first-order chi connectivity index (χ1) is 16.3. The largest absolute Gasteiger partial charge is 0.468 e. The Bertz CT molecular complexity index is 1260. The fraction of sp³-hybridized carbons (Fsp3) is 0.346. The van der Waals surface area contributed by atoms with E-state index in [9.17, 15) is 18.8 Å². The lowest BCUT2D eigenvalue weighted by molar-refractivity contribution is -0.182. The Morgan fingerprint density at radius 3 is 2.09 bits per heavy atom. The predicted molar refractivity (Wildman–Crippen MR) is 122 cm³/mol. The number of hydrogen-bond donors (Lipinski definition) is 0. The highest BCUT2D eigenvalue weighted by molar-refractivity contribution is 6.14. The molecule has 178 valence electrons. The SMILES string of the molecule is CCOC(=O)C1(C(=O)OCC)Cc2c(c3ccccc3n2C)[C@@]1(C(=O)OC)c1ccc(F)cc1. The summed E-state index contributed by atoms with van der Waals surface area (Å²) in [5, 5.41) is 0.671. The molecule has 1 heterocycles. The van der Waals surface area contributed by atoms with Crippen LogP contribution in [0.15, 0.2) is 48.5 Å². The van der Waals surface area contributed by atoms with Crippen LogP contribution in [0.5, 0.6) is 0 Å². The summed E-state index contributed by atoms with van der Waals surface area (Å²) in [6.45, 7) is 3.20. The molecule has 0 unspecified atom stereocenters. The van der Waals surface area contributed by atoms with Crippen LogP contribution >= 0.6 is 0 Å². The number of aromatic nitrogens is 1. The topological polar surface area (TPSA) is 83.8 Å². The van der Waals surface area contributed by atoms with Crippen LogP contribution in [-0.4, -0.2) is 42.8 Å². The Morgan fingerprint density at radius 1 is 0.941 bits per heavy atom. The van der Waals surface area contributed by atoms with Gasteiger partial charge < -0.3 is 18.8 Å². The minimum absolute atomic E-state index is 0.0161. The van der Waals surface area contributed by atoms with E-state index >= 15 is 0 Å². The molecule has 8 heteroatoms. The summed E-state index contributed by atoms with van der Waals surface area (Å²) in [6, 6.07) is 12.5. The molecule has 2 aromatic carbocycles. The third-order valence-corrected chi connectivity index (χ3v) is 6.69. The number of esters is 3. The molecule has 0 fully saturated rings. The van der Waals surface area contributed by atoms with E-state index in [4.69, 9.17) is 14.2 Å². The molecule has 0 spiro atoms. The second kappa shape index (κ2) is 8.59. The second-order valence-corrected chi connectivity index (χ2v) is 8.17. The number of ether oxygens (including phenoxy) is 3. The van der Waals surface area contributed by atoms with Gasteiger partial charge in [0, 0.05) is 35.6 Å². The summed E-state index contributed by atoms with van der Waals surface area (Å²) < 4.78 is 32.0. The van der Waals surface area contributed by atoms with Crippen molar-refractivity contribution in [2.24, 2.45) is 12.5 Å². The maximum Gasteiger partial charge on any atom is 0.325 e. The highest BCUT2D eigenvalue weighted by Gasteiger charge is 2.74. The minimum Gasteiger partial charge on any atom is -0.468 e. The molecule has 1 aliphatic rings. The smallest absolute Gasteiger partial charge is 0.325 e. The van der Waals surface area contributed by atoms with Gasteiger partial charge in [0.25, 0.3) is 0 Å². The fourth-order valence-corrected chi connectivity index (χ4v) is 5.35. The molecule has 0 amide bonds. The number of hydrogen-bond acceptors (Lipinski definition) is 6. The molecule has 1 atom stereocenters. The highest BCUT2D eigenvalue weighted by atomic mass is 19.1. The van der Waals surface area contributed by atoms with E-state index < -0.39 is 34.6 Å². The fourth-order valence-electron chi connectivity index (χ4n) is 5.35. The molecule has 0 bridgehead atoms. The van der Waals surface area contributed by atoms with Crippen LogP contribution in [0.3, 0.4) is 0 Å². The molecule has 0 saturated heterocycles. The Morgan fingerprint density at radius 2 is 1.53 bits per heavy atom. The van der Waals surface area contributed by atoms with Gasteiger partial charge in [0.05, 0.1) is 20.3 Å². The van der Waals surface area contributed by atoms with Crippen LogP contribution in [0.4, 0.5) is 4.39 Å². The molecule has 0 saturated carbocycles. The molecular weight excluding hydrogens is 441 g/mol. The first-order valence-electron chi connectivity index (χ1n) is 11.1. The van der Waals surface area contributed by atoms with Crippen LogP contribution in [0.1, 0.15) is 30.7 Å². The van der Waals surface area contributed by atoms with E-state index in [1.807, 2.05) is 28.8 Å². The van der Waals surface area contributed by atoms with Gasteiger partial charge in [-0.25, -0.2) is 4.39 Å². The normalized spacial score (nSPS) is 18.4. The van der Waals surface area contributed by atoms with Crippen molar-refractivity contribution in [2.75, 3.05) is 20.3 Å². The Balaban J connectivity index is 2.24. The van der Waals surface area contributed by atoms with Crippen molar-refractivity contribution < 1.29 is 33.0 Å². The minimum atomic E-state index is -2.11. The molecule has 0 N–H and O–H groups in total. The summed E-state index contributed by atoms with van der Waals surface area (Å²) >= 11 is 0. The Kier molecular flexibility index (Phi) is 5.93. The van der Waals surface area contributed by atoms with Crippen LogP contribution in [0.2, 0.25) is 0 Å². The number of carbonyl (C=O) groups excluding carboxylic acids is 3. The lowest BCUT2D eigenvalue weighted by Crippen LogP contribution is -2.60. The van der Waals surface area contributed by atoms with Crippen LogP contribution in [-0.2, 0) is 47.5 Å². The second-order valence-electron chi connectivity index (χ2n) is 8.17. The zero-order chi connectivity index (χ0) is 24.7. The van der Waals surface area contributed by atoms with E-state index in [0.717, 1.165) is 5.52 Å². The van der Waals surface area contributed by atoms with Crippen LogP contribution < -0.4 is 0 Å². The zero-order valence-electron chi connectivity index (χ0n) is 19.5. The molecule has 0 aliphatic heterocycles. The molecule has 4 rings (SSSR count). The Labute approximate surface area is 196 Å². The third-order valence-electron chi connectivity index (χ3n) is 6.69. The van der Waals surface area contributed by atoms with Crippen LogP contribution in [0, 0.1) is 11.2 Å². The number of para-hydroxylation sites is 1.